The van der Waals surface area contributed by atoms with Crippen LogP contribution < -0.4 is 0 Å². The summed E-state index contributed by atoms with van der Waals surface area (Å²) in [6, 6.07) is 11.0. The van der Waals surface area contributed by atoms with Crippen molar-refractivity contribution in [2.75, 3.05) is 0 Å². The first-order chi connectivity index (χ1) is 9.66. The minimum absolute atomic E-state index is 1.24. The van der Waals surface area contributed by atoms with E-state index in [1.807, 2.05) is 8.12 Å². The van der Waals surface area contributed by atoms with Gasteiger partial charge in [-0.25, -0.2) is 0 Å². The zero-order valence-electron chi connectivity index (χ0n) is 14.9. The van der Waals surface area contributed by atoms with Crippen molar-refractivity contribution in [1.82, 2.24) is 0 Å². The van der Waals surface area contributed by atoms with Gasteiger partial charge >= 0.3 is 142 Å². The Bertz CT molecular complexity index is 466. The quantitative estimate of drug-likeness (QED) is 0.334. The van der Waals surface area contributed by atoms with Crippen LogP contribution in [0.4, 0.5) is 0 Å². The third-order valence-electron chi connectivity index (χ3n) is 3.60. The molecule has 0 aliphatic heterocycles. The molecule has 0 atom stereocenters. The van der Waals surface area contributed by atoms with Gasteiger partial charge in [-0.1, -0.05) is 0 Å². The van der Waals surface area contributed by atoms with Crippen LogP contribution in [0.25, 0.3) is 0 Å². The zero-order valence-corrected chi connectivity index (χ0v) is 19.6. The maximum absolute atomic E-state index is 2.58. The summed E-state index contributed by atoms with van der Waals surface area (Å²) in [7, 11) is -1.24. The van der Waals surface area contributed by atoms with E-state index in [0.717, 1.165) is 0 Å². The van der Waals surface area contributed by atoms with E-state index in [1.165, 1.54) is 24.2 Å². The van der Waals surface area contributed by atoms with Gasteiger partial charge in [0.1, 0.15) is 0 Å². The summed E-state index contributed by atoms with van der Waals surface area (Å²) < 4.78 is 1.82. The van der Waals surface area contributed by atoms with Crippen LogP contribution in [0.15, 0.2) is 43.3 Å². The molecule has 1 aromatic rings. The van der Waals surface area contributed by atoms with Gasteiger partial charge in [0.25, 0.3) is 0 Å². The topological polar surface area (TPSA) is 0 Å². The third-order valence-corrected chi connectivity index (χ3v) is 17.5. The molecule has 0 aliphatic rings. The Labute approximate surface area is 141 Å². The van der Waals surface area contributed by atoms with Gasteiger partial charge in [-0.05, 0) is 0 Å². The summed E-state index contributed by atoms with van der Waals surface area (Å²) in [6.07, 6.45) is 3.98. The van der Waals surface area contributed by atoms with Crippen molar-refractivity contribution in [2.24, 2.45) is 0 Å². The Hall–Kier alpha value is 0.326. The van der Waals surface area contributed by atoms with Gasteiger partial charge in [0.05, 0.1) is 0 Å². The molecule has 0 N–H and O–H groups in total. The van der Waals surface area contributed by atoms with Gasteiger partial charge in [0.2, 0.25) is 0 Å². The van der Waals surface area contributed by atoms with Gasteiger partial charge in [-0.3, -0.25) is 0 Å². The zero-order chi connectivity index (χ0) is 16.1. The Kier molecular flexibility index (Phi) is 7.61. The number of hydrogen-bond donors (Lipinski definition) is 0. The van der Waals surface area contributed by atoms with E-state index >= 15 is 0 Å². The second kappa shape index (κ2) is 8.25. The molecule has 1 rings (SSSR count). The standard InChI is InChI=1S/C15H23SSi.3CH3.Sn/c1-5-6-12-15(17(2,3)4)13-16-14-10-8-7-9-11-14;;;;/h7-11H,5-6,12H2,1-4H3;3*1H3;. The molecule has 21 heavy (non-hydrogen) atoms. The van der Waals surface area contributed by atoms with Crippen molar-refractivity contribution >= 4 is 38.2 Å². The fraction of sp³-hybridized carbons (Fsp3) is 0.556. The van der Waals surface area contributed by atoms with E-state index < -0.39 is 26.5 Å². The van der Waals surface area contributed by atoms with E-state index in [4.69, 9.17) is 0 Å². The summed E-state index contributed by atoms with van der Waals surface area (Å²) in [5.74, 6) is 0. The first-order valence-electron chi connectivity index (χ1n) is 8.13. The Morgan fingerprint density at radius 1 is 1.05 bits per heavy atom. The second-order valence-electron chi connectivity index (χ2n) is 7.83. The summed E-state index contributed by atoms with van der Waals surface area (Å²) in [4.78, 5) is 9.15. The molecule has 0 nitrogen and oxygen atoms in total. The van der Waals surface area contributed by atoms with Crippen molar-refractivity contribution in [1.29, 1.82) is 0 Å². The predicted molar refractivity (Wildman–Crippen MR) is 106 cm³/mol. The van der Waals surface area contributed by atoms with Gasteiger partial charge in [0, 0.05) is 0 Å². The Morgan fingerprint density at radius 2 is 1.62 bits per heavy atom. The monoisotopic (exact) mass is 428 g/mol. The third kappa shape index (κ3) is 6.53. The van der Waals surface area contributed by atoms with Crippen molar-refractivity contribution in [3.8, 4) is 0 Å². The molecule has 1 aromatic carbocycles. The van der Waals surface area contributed by atoms with Crippen LogP contribution in [0, 0.1) is 0 Å². The Balaban J connectivity index is 3.27. The van der Waals surface area contributed by atoms with Crippen LogP contribution in [0.1, 0.15) is 26.2 Å². The van der Waals surface area contributed by atoms with Crippen LogP contribution >= 0.6 is 11.8 Å². The molecular weight excluding hydrogens is 395 g/mol. The van der Waals surface area contributed by atoms with Crippen molar-refractivity contribution < 1.29 is 0 Å². The number of allylic oxidation sites excluding steroid dienone is 1. The molecule has 0 unspecified atom stereocenters. The molecule has 0 saturated heterocycles. The van der Waals surface area contributed by atoms with Crippen LogP contribution in [-0.2, 0) is 0 Å². The van der Waals surface area contributed by atoms with Crippen molar-refractivity contribution in [3.05, 3.63) is 38.4 Å². The molecule has 0 aromatic heterocycles. The van der Waals surface area contributed by atoms with E-state index in [0.29, 0.717) is 0 Å². The number of unbranched alkanes of at least 4 members (excludes halogenated alkanes) is 1. The average Bonchev–Trinajstić information content (AvgIpc) is 2.36. The molecule has 0 radical (unpaired) electrons. The van der Waals surface area contributed by atoms with E-state index in [-0.39, 0.29) is 0 Å². The summed E-state index contributed by atoms with van der Waals surface area (Å²) in [5.41, 5.74) is 0. The normalized spacial score (nSPS) is 14.0. The fourth-order valence-electron chi connectivity index (χ4n) is 2.46. The predicted octanol–water partition coefficient (Wildman–Crippen LogP) is 6.98. The molecule has 0 spiro atoms. The SMILES string of the molecule is CCCC/C(=[C](\Sc1ccccc1)[Sn]([CH3])([CH3])[CH3])[Si](C)(C)C. The fourth-order valence-corrected chi connectivity index (χ4v) is 18.5. The molecule has 0 fully saturated rings. The molecule has 118 valence electrons. The van der Waals surface area contributed by atoms with Crippen molar-refractivity contribution in [2.45, 2.75) is 65.5 Å². The van der Waals surface area contributed by atoms with Gasteiger partial charge in [-0.2, -0.15) is 0 Å². The van der Waals surface area contributed by atoms with Crippen LogP contribution in [0.2, 0.25) is 34.5 Å². The van der Waals surface area contributed by atoms with Crippen molar-refractivity contribution in [3.63, 3.8) is 0 Å². The van der Waals surface area contributed by atoms with Gasteiger partial charge in [-0.15, -0.1) is 0 Å². The Morgan fingerprint density at radius 3 is 2.05 bits per heavy atom. The summed E-state index contributed by atoms with van der Waals surface area (Å²) >= 11 is -0.0152. The second-order valence-corrected chi connectivity index (χ2v) is 29.3. The van der Waals surface area contributed by atoms with Crippen LogP contribution in [-0.4, -0.2) is 26.5 Å². The number of rotatable bonds is 7. The molecule has 3 heteroatoms. The number of hydrogen-bond acceptors (Lipinski definition) is 1. The molecule has 0 aliphatic carbocycles. The first-order valence-corrected chi connectivity index (χ1v) is 22.4. The molecule has 0 heterocycles. The van der Waals surface area contributed by atoms with E-state index in [1.54, 1.807) is 0 Å². The minimum atomic E-state index is -2.10. The van der Waals surface area contributed by atoms with Crippen LogP contribution in [0.3, 0.4) is 0 Å². The van der Waals surface area contributed by atoms with Crippen LogP contribution in [0.5, 0.6) is 0 Å². The number of benzene rings is 1. The molecule has 0 bridgehead atoms. The maximum atomic E-state index is 2.58. The van der Waals surface area contributed by atoms with E-state index in [2.05, 4.69) is 83.5 Å². The number of thioether (sulfide) groups is 1. The molecular formula is C18H32SSiSn. The molecule has 0 amide bonds. The summed E-state index contributed by atoms with van der Waals surface area (Å²) in [5, 5.41) is 1.86. The summed E-state index contributed by atoms with van der Waals surface area (Å²) in [6.45, 7) is 9.90. The first kappa shape index (κ1) is 19.4. The molecule has 0 saturated carbocycles. The van der Waals surface area contributed by atoms with E-state index in [9.17, 15) is 0 Å². The van der Waals surface area contributed by atoms with Gasteiger partial charge < -0.3 is 0 Å². The average molecular weight is 427 g/mol. The van der Waals surface area contributed by atoms with Gasteiger partial charge in [0.15, 0.2) is 0 Å².